The molecular weight excluding hydrogens is 238 g/mol. The number of halogens is 1. The van der Waals surface area contributed by atoms with Crippen LogP contribution in [0.15, 0.2) is 59.8 Å². The molecule has 0 spiro atoms. The van der Waals surface area contributed by atoms with Crippen molar-refractivity contribution < 1.29 is 4.86 Å². The fourth-order valence-electron chi connectivity index (χ4n) is 1.24. The smallest absolute Gasteiger partial charge is 0.154 e. The Kier molecular flexibility index (Phi) is 3.57. The van der Waals surface area contributed by atoms with Gasteiger partial charge in [0.1, 0.15) is 5.69 Å². The molecule has 0 aliphatic heterocycles. The molecule has 0 fully saturated rings. The van der Waals surface area contributed by atoms with Gasteiger partial charge in [0.25, 0.3) is 0 Å². The molecule has 86 valence electrons. The number of hydrogen-bond donors (Lipinski definition) is 1. The maximum absolute atomic E-state index is 11.5. The van der Waals surface area contributed by atoms with Gasteiger partial charge >= 0.3 is 0 Å². The second-order valence-electron chi connectivity index (χ2n) is 3.33. The molecule has 4 nitrogen and oxygen atoms in total. The van der Waals surface area contributed by atoms with Gasteiger partial charge in [-0.15, -0.1) is 10.3 Å². The molecule has 0 amide bonds. The highest BCUT2D eigenvalue weighted by Crippen LogP contribution is 2.14. The van der Waals surface area contributed by atoms with Crippen LogP contribution in [0.3, 0.4) is 0 Å². The number of nitrogens with one attached hydrogen (secondary N) is 1. The Balaban J connectivity index is 2.08. The largest absolute Gasteiger partial charge is 0.691 e. The number of nitrogens with zero attached hydrogens (tertiary/aromatic N) is 2. The maximum atomic E-state index is 11.5. The van der Waals surface area contributed by atoms with Crippen LogP contribution in [-0.2, 0) is 0 Å². The van der Waals surface area contributed by atoms with Crippen molar-refractivity contribution in [1.82, 2.24) is 0 Å². The predicted octanol–water partition coefficient (Wildman–Crippen LogP) is 3.96. The summed E-state index contributed by atoms with van der Waals surface area (Å²) in [6.07, 6.45) is 0. The number of hydrogen-bond acceptors (Lipinski definition) is 2. The molecule has 0 bridgehead atoms. The molecule has 0 atom stereocenters. The molecule has 2 aromatic carbocycles. The van der Waals surface area contributed by atoms with Gasteiger partial charge in [-0.2, -0.15) is 0 Å². The third kappa shape index (κ3) is 3.19. The maximum Gasteiger partial charge on any atom is 0.154 e. The van der Waals surface area contributed by atoms with Crippen molar-refractivity contribution in [2.45, 2.75) is 0 Å². The molecule has 2 rings (SSSR count). The highest BCUT2D eigenvalue weighted by Gasteiger charge is 1.98. The van der Waals surface area contributed by atoms with Gasteiger partial charge in [0.05, 0.1) is 5.22 Å². The Labute approximate surface area is 104 Å². The topological polar surface area (TPSA) is 50.5 Å². The van der Waals surface area contributed by atoms with Gasteiger partial charge in [-0.3, -0.25) is 0 Å². The summed E-state index contributed by atoms with van der Waals surface area (Å²) in [6.45, 7) is 0. The van der Waals surface area contributed by atoms with E-state index >= 15 is 0 Å². The molecule has 0 aromatic heterocycles. The fourth-order valence-corrected chi connectivity index (χ4v) is 1.37. The molecule has 0 unspecified atom stereocenters. The first kappa shape index (κ1) is 11.4. The highest BCUT2D eigenvalue weighted by atomic mass is 35.5. The molecule has 2 aromatic rings. The van der Waals surface area contributed by atoms with Gasteiger partial charge in [-0.05, 0) is 36.4 Å². The van der Waals surface area contributed by atoms with E-state index in [1.807, 2.05) is 6.07 Å². The Morgan fingerprint density at radius 1 is 1.00 bits per heavy atom. The monoisotopic (exact) mass is 247 g/mol. The average molecular weight is 248 g/mol. The zero-order valence-corrected chi connectivity index (χ0v) is 9.63. The van der Waals surface area contributed by atoms with E-state index in [1.54, 1.807) is 48.5 Å². The fraction of sp³-hybridized carbons (Fsp3) is 0. The van der Waals surface area contributed by atoms with E-state index in [1.165, 1.54) is 0 Å². The van der Waals surface area contributed by atoms with Crippen molar-refractivity contribution in [1.29, 1.82) is 0 Å². The number of para-hydroxylation sites is 1. The summed E-state index contributed by atoms with van der Waals surface area (Å²) in [7, 11) is 0. The van der Waals surface area contributed by atoms with Crippen LogP contribution in [0.5, 0.6) is 0 Å². The summed E-state index contributed by atoms with van der Waals surface area (Å²) >= 11 is 5.74. The lowest BCUT2D eigenvalue weighted by Gasteiger charge is -2.04. The van der Waals surface area contributed by atoms with Crippen LogP contribution in [0.1, 0.15) is 0 Å². The highest BCUT2D eigenvalue weighted by molar-refractivity contribution is 6.30. The van der Waals surface area contributed by atoms with E-state index in [2.05, 4.69) is 10.6 Å². The zero-order valence-electron chi connectivity index (χ0n) is 8.88. The molecule has 0 saturated heterocycles. The normalized spacial score (nSPS) is 11.2. The first-order valence-corrected chi connectivity index (χ1v) is 5.38. The quantitative estimate of drug-likeness (QED) is 0.507. The molecule has 0 aliphatic carbocycles. The molecule has 17 heavy (non-hydrogen) atoms. The molecule has 5 heteroatoms. The average Bonchev–Trinajstić information content (AvgIpc) is 2.39. The standard InChI is InChI=1S/C12H10ClN3O/c13-10-6-8-11(9-7-10)14-15-16(17)12-4-2-1-3-5-12/h1-9,14H/b16-15-. The summed E-state index contributed by atoms with van der Waals surface area (Å²) in [6, 6.07) is 15.7. The van der Waals surface area contributed by atoms with Crippen LogP contribution in [0.2, 0.25) is 5.02 Å². The zero-order chi connectivity index (χ0) is 12.1. The third-order valence-electron chi connectivity index (χ3n) is 2.09. The van der Waals surface area contributed by atoms with Crippen molar-refractivity contribution >= 4 is 23.0 Å². The molecule has 0 heterocycles. The molecular formula is C12H10ClN3O. The van der Waals surface area contributed by atoms with Crippen LogP contribution in [0, 0.1) is 5.21 Å². The summed E-state index contributed by atoms with van der Waals surface area (Å²) < 4.78 is 0. The van der Waals surface area contributed by atoms with Crippen molar-refractivity contribution in [2.24, 2.45) is 5.22 Å². The van der Waals surface area contributed by atoms with Crippen LogP contribution < -0.4 is 5.43 Å². The lowest BCUT2D eigenvalue weighted by molar-refractivity contribution is -0.439. The van der Waals surface area contributed by atoms with Gasteiger partial charge in [0.2, 0.25) is 0 Å². The minimum atomic E-state index is 0.467. The van der Waals surface area contributed by atoms with Crippen molar-refractivity contribution in [3.05, 3.63) is 64.8 Å². The Morgan fingerprint density at radius 2 is 1.65 bits per heavy atom. The Bertz CT molecular complexity index is 511. The van der Waals surface area contributed by atoms with Crippen molar-refractivity contribution in [3.8, 4) is 0 Å². The van der Waals surface area contributed by atoms with Gasteiger partial charge in [0, 0.05) is 5.02 Å². The summed E-state index contributed by atoms with van der Waals surface area (Å²) in [4.78, 5) is 0.522. The third-order valence-corrected chi connectivity index (χ3v) is 2.34. The summed E-state index contributed by atoms with van der Waals surface area (Å²) in [5.41, 5.74) is 3.82. The van der Waals surface area contributed by atoms with Gasteiger partial charge in [-0.1, -0.05) is 29.8 Å². The van der Waals surface area contributed by atoms with Gasteiger partial charge < -0.3 is 5.21 Å². The van der Waals surface area contributed by atoms with Crippen molar-refractivity contribution in [2.75, 3.05) is 5.43 Å². The van der Waals surface area contributed by atoms with Crippen LogP contribution in [0.4, 0.5) is 11.4 Å². The van der Waals surface area contributed by atoms with Crippen LogP contribution >= 0.6 is 11.6 Å². The second-order valence-corrected chi connectivity index (χ2v) is 3.76. The summed E-state index contributed by atoms with van der Waals surface area (Å²) in [5.74, 6) is 0. The first-order chi connectivity index (χ1) is 8.25. The number of benzene rings is 2. The van der Waals surface area contributed by atoms with Crippen molar-refractivity contribution in [3.63, 3.8) is 0 Å². The predicted molar refractivity (Wildman–Crippen MR) is 67.2 cm³/mol. The second kappa shape index (κ2) is 5.32. The van der Waals surface area contributed by atoms with Gasteiger partial charge in [0.15, 0.2) is 5.69 Å². The van der Waals surface area contributed by atoms with E-state index in [9.17, 15) is 5.21 Å². The number of anilines is 1. The Morgan fingerprint density at radius 3 is 2.29 bits per heavy atom. The van der Waals surface area contributed by atoms with Gasteiger partial charge in [-0.25, -0.2) is 0 Å². The first-order valence-electron chi connectivity index (χ1n) is 5.00. The lowest BCUT2D eigenvalue weighted by Crippen LogP contribution is -1.97. The Hall–Kier alpha value is -2.07. The lowest BCUT2D eigenvalue weighted by atomic mass is 10.3. The minimum absolute atomic E-state index is 0.467. The molecule has 0 saturated carbocycles. The summed E-state index contributed by atoms with van der Waals surface area (Å²) in [5, 5.41) is 15.9. The van der Waals surface area contributed by atoms with E-state index in [0.29, 0.717) is 21.3 Å². The SMILES string of the molecule is [O-]/[N+](=N\Nc1ccc(Cl)cc1)c1ccccc1. The van der Waals surface area contributed by atoms with Crippen LogP contribution in [-0.4, -0.2) is 4.86 Å². The minimum Gasteiger partial charge on any atom is -0.691 e. The van der Waals surface area contributed by atoms with Crippen LogP contribution in [0.25, 0.3) is 0 Å². The molecule has 1 N–H and O–H groups in total. The van der Waals surface area contributed by atoms with E-state index in [4.69, 9.17) is 11.6 Å². The van der Waals surface area contributed by atoms with E-state index in [0.717, 1.165) is 0 Å². The molecule has 0 radical (unpaired) electrons. The molecule has 0 aliphatic rings. The number of rotatable bonds is 3. The van der Waals surface area contributed by atoms with E-state index < -0.39 is 0 Å². The van der Waals surface area contributed by atoms with E-state index in [-0.39, 0.29) is 0 Å².